The molecule has 21 heavy (non-hydrogen) atoms. The van der Waals surface area contributed by atoms with E-state index in [2.05, 4.69) is 10.4 Å². The third-order valence-electron chi connectivity index (χ3n) is 2.91. The highest BCUT2D eigenvalue weighted by Crippen LogP contribution is 2.34. The fraction of sp³-hybridized carbons (Fsp3) is 0.154. The third-order valence-corrected chi connectivity index (χ3v) is 3.23. The van der Waals surface area contributed by atoms with Crippen LogP contribution in [0.15, 0.2) is 36.7 Å². The minimum atomic E-state index is -4.75. The summed E-state index contributed by atoms with van der Waals surface area (Å²) in [5, 5.41) is 0.265. The van der Waals surface area contributed by atoms with E-state index < -0.39 is 23.6 Å². The molecule has 1 aromatic carbocycles. The number of halogens is 5. The van der Waals surface area contributed by atoms with Crippen LogP contribution in [0.1, 0.15) is 22.7 Å². The maximum Gasteiger partial charge on any atom is 0.419 e. The van der Waals surface area contributed by atoms with E-state index >= 15 is 0 Å². The van der Waals surface area contributed by atoms with Crippen LogP contribution in [-0.4, -0.2) is 4.98 Å². The summed E-state index contributed by atoms with van der Waals surface area (Å²) in [5.41, 5.74) is 1.77. The molecular weight excluding hydrogens is 310 g/mol. The largest absolute Gasteiger partial charge is 0.419 e. The van der Waals surface area contributed by atoms with E-state index in [0.717, 1.165) is 12.1 Å². The molecule has 2 rings (SSSR count). The van der Waals surface area contributed by atoms with Gasteiger partial charge in [-0.25, -0.2) is 9.82 Å². The summed E-state index contributed by atoms with van der Waals surface area (Å²) in [6.45, 7) is 0. The fourth-order valence-electron chi connectivity index (χ4n) is 1.93. The van der Waals surface area contributed by atoms with E-state index in [1.807, 2.05) is 0 Å². The number of aromatic nitrogens is 1. The maximum absolute atomic E-state index is 13.6. The predicted molar refractivity (Wildman–Crippen MR) is 69.8 cm³/mol. The lowest BCUT2D eigenvalue weighted by Gasteiger charge is -2.19. The first-order valence-electron chi connectivity index (χ1n) is 5.76. The first kappa shape index (κ1) is 15.7. The molecule has 0 fully saturated rings. The average Bonchev–Trinajstić information content (AvgIpc) is 2.40. The normalized spacial score (nSPS) is 13.2. The SMILES string of the molecule is NNC(c1ccc(C(F)(F)F)c(F)c1)c1ccncc1Cl. The number of benzene rings is 1. The number of pyridine rings is 1. The third kappa shape index (κ3) is 3.31. The molecule has 3 N–H and O–H groups in total. The highest BCUT2D eigenvalue weighted by atomic mass is 35.5. The smallest absolute Gasteiger partial charge is 0.271 e. The van der Waals surface area contributed by atoms with Crippen molar-refractivity contribution in [3.05, 3.63) is 64.2 Å². The monoisotopic (exact) mass is 319 g/mol. The molecule has 0 spiro atoms. The van der Waals surface area contributed by atoms with E-state index in [9.17, 15) is 17.6 Å². The van der Waals surface area contributed by atoms with Gasteiger partial charge in [0.1, 0.15) is 5.82 Å². The van der Waals surface area contributed by atoms with Gasteiger partial charge in [-0.1, -0.05) is 17.7 Å². The Bertz CT molecular complexity index is 646. The van der Waals surface area contributed by atoms with Crippen LogP contribution in [0.5, 0.6) is 0 Å². The first-order chi connectivity index (χ1) is 9.84. The van der Waals surface area contributed by atoms with Gasteiger partial charge in [-0.2, -0.15) is 13.2 Å². The second-order valence-corrected chi connectivity index (χ2v) is 4.64. The van der Waals surface area contributed by atoms with Crippen molar-refractivity contribution >= 4 is 11.6 Å². The lowest BCUT2D eigenvalue weighted by molar-refractivity contribution is -0.140. The van der Waals surface area contributed by atoms with Crippen LogP contribution in [0.25, 0.3) is 0 Å². The van der Waals surface area contributed by atoms with Gasteiger partial charge in [-0.15, -0.1) is 0 Å². The number of hydrazine groups is 1. The van der Waals surface area contributed by atoms with Gasteiger partial charge in [0.15, 0.2) is 0 Å². The number of hydrogen-bond donors (Lipinski definition) is 2. The summed E-state index contributed by atoms with van der Waals surface area (Å²) >= 11 is 5.96. The van der Waals surface area contributed by atoms with Gasteiger partial charge < -0.3 is 0 Å². The Morgan fingerprint density at radius 1 is 1.24 bits per heavy atom. The van der Waals surface area contributed by atoms with Gasteiger partial charge in [0.05, 0.1) is 16.6 Å². The highest BCUT2D eigenvalue weighted by molar-refractivity contribution is 6.31. The molecule has 1 aromatic heterocycles. The summed E-state index contributed by atoms with van der Waals surface area (Å²) in [7, 11) is 0. The average molecular weight is 320 g/mol. The van der Waals surface area contributed by atoms with E-state index in [-0.39, 0.29) is 10.6 Å². The van der Waals surface area contributed by atoms with Crippen LogP contribution >= 0.6 is 11.6 Å². The summed E-state index contributed by atoms with van der Waals surface area (Å²) in [5.74, 6) is 4.04. The van der Waals surface area contributed by atoms with Crippen LogP contribution in [0.3, 0.4) is 0 Å². The molecule has 8 heteroatoms. The van der Waals surface area contributed by atoms with Gasteiger partial charge in [0.2, 0.25) is 0 Å². The van der Waals surface area contributed by atoms with Gasteiger partial charge in [0.25, 0.3) is 0 Å². The van der Waals surface area contributed by atoms with Crippen LogP contribution in [-0.2, 0) is 6.18 Å². The van der Waals surface area contributed by atoms with E-state index in [1.165, 1.54) is 12.4 Å². The summed E-state index contributed by atoms with van der Waals surface area (Å²) < 4.78 is 51.2. The predicted octanol–water partition coefficient (Wildman–Crippen LogP) is 3.45. The lowest BCUT2D eigenvalue weighted by Crippen LogP contribution is -2.29. The quantitative estimate of drug-likeness (QED) is 0.517. The van der Waals surface area contributed by atoms with E-state index in [4.69, 9.17) is 17.4 Å². The fourth-order valence-corrected chi connectivity index (χ4v) is 2.15. The molecule has 2 aromatic rings. The van der Waals surface area contributed by atoms with Crippen LogP contribution < -0.4 is 11.3 Å². The van der Waals surface area contributed by atoms with Gasteiger partial charge in [-0.3, -0.25) is 10.8 Å². The number of alkyl halides is 3. The van der Waals surface area contributed by atoms with Crippen molar-refractivity contribution in [2.75, 3.05) is 0 Å². The Hall–Kier alpha value is -1.70. The molecule has 0 radical (unpaired) electrons. The molecule has 1 atom stereocenters. The highest BCUT2D eigenvalue weighted by Gasteiger charge is 2.34. The summed E-state index contributed by atoms with van der Waals surface area (Å²) in [6.07, 6.45) is -1.93. The second-order valence-electron chi connectivity index (χ2n) is 4.23. The van der Waals surface area contributed by atoms with Crippen molar-refractivity contribution in [1.29, 1.82) is 0 Å². The molecule has 112 valence electrons. The number of hydrogen-bond acceptors (Lipinski definition) is 3. The molecule has 0 aliphatic heterocycles. The lowest BCUT2D eigenvalue weighted by atomic mass is 9.98. The number of rotatable bonds is 3. The minimum absolute atomic E-state index is 0.219. The van der Waals surface area contributed by atoms with E-state index in [1.54, 1.807) is 6.07 Å². The second kappa shape index (κ2) is 5.97. The molecule has 0 aliphatic carbocycles. The van der Waals surface area contributed by atoms with Crippen molar-refractivity contribution in [2.45, 2.75) is 12.2 Å². The molecule has 1 unspecified atom stereocenters. The Morgan fingerprint density at radius 2 is 1.95 bits per heavy atom. The molecule has 0 aliphatic rings. The molecule has 0 saturated carbocycles. The summed E-state index contributed by atoms with van der Waals surface area (Å²) in [6, 6.07) is 3.39. The van der Waals surface area contributed by atoms with Gasteiger partial charge in [0, 0.05) is 12.4 Å². The van der Waals surface area contributed by atoms with Gasteiger partial charge in [-0.05, 0) is 29.3 Å². The van der Waals surface area contributed by atoms with Crippen LogP contribution in [0.2, 0.25) is 5.02 Å². The first-order valence-corrected chi connectivity index (χ1v) is 6.14. The standard InChI is InChI=1S/C13H10ClF4N3/c14-10-6-20-4-3-8(10)12(21-19)7-1-2-9(11(15)5-7)13(16,17)18/h1-6,12,21H,19H2. The number of nitrogens with one attached hydrogen (secondary N) is 1. The van der Waals surface area contributed by atoms with Crippen LogP contribution in [0, 0.1) is 5.82 Å². The van der Waals surface area contributed by atoms with Crippen molar-refractivity contribution < 1.29 is 17.6 Å². The van der Waals surface area contributed by atoms with Crippen molar-refractivity contribution in [3.8, 4) is 0 Å². The number of nitrogens with zero attached hydrogens (tertiary/aromatic N) is 1. The Balaban J connectivity index is 2.45. The van der Waals surface area contributed by atoms with Crippen molar-refractivity contribution in [3.63, 3.8) is 0 Å². The zero-order valence-electron chi connectivity index (χ0n) is 10.5. The van der Waals surface area contributed by atoms with Crippen LogP contribution in [0.4, 0.5) is 17.6 Å². The zero-order valence-corrected chi connectivity index (χ0v) is 11.2. The Labute approximate surface area is 122 Å². The van der Waals surface area contributed by atoms with Gasteiger partial charge >= 0.3 is 6.18 Å². The molecule has 0 amide bonds. The molecule has 3 nitrogen and oxygen atoms in total. The van der Waals surface area contributed by atoms with E-state index in [0.29, 0.717) is 11.6 Å². The zero-order chi connectivity index (χ0) is 15.6. The molecular formula is C13H10ClF4N3. The molecule has 0 bridgehead atoms. The van der Waals surface area contributed by atoms with Crippen molar-refractivity contribution in [1.82, 2.24) is 10.4 Å². The topological polar surface area (TPSA) is 50.9 Å². The Kier molecular flexibility index (Phi) is 4.46. The molecule has 0 saturated heterocycles. The van der Waals surface area contributed by atoms with Crippen molar-refractivity contribution in [2.24, 2.45) is 5.84 Å². The maximum atomic E-state index is 13.6. The summed E-state index contributed by atoms with van der Waals surface area (Å²) in [4.78, 5) is 3.80. The number of nitrogens with two attached hydrogens (primary N) is 1. The molecule has 1 heterocycles. The Morgan fingerprint density at radius 3 is 2.48 bits per heavy atom. The minimum Gasteiger partial charge on any atom is -0.271 e.